The summed E-state index contributed by atoms with van der Waals surface area (Å²) in [7, 11) is 0. The molecule has 8 heteroatoms. The van der Waals surface area contributed by atoms with Gasteiger partial charge in [0.2, 0.25) is 5.89 Å². The van der Waals surface area contributed by atoms with E-state index in [1.807, 2.05) is 30.3 Å². The minimum Gasteiger partial charge on any atom is -0.455 e. The van der Waals surface area contributed by atoms with Gasteiger partial charge in [-0.3, -0.25) is 10.1 Å². The van der Waals surface area contributed by atoms with E-state index in [0.29, 0.717) is 17.3 Å². The van der Waals surface area contributed by atoms with Crippen LogP contribution in [-0.2, 0) is 11.3 Å². The van der Waals surface area contributed by atoms with E-state index in [0.717, 1.165) is 18.4 Å². The number of benzene rings is 2. The van der Waals surface area contributed by atoms with Crippen LogP contribution in [0.4, 0.5) is 11.4 Å². The van der Waals surface area contributed by atoms with Crippen LogP contribution >= 0.6 is 0 Å². The molecule has 1 aromatic heterocycles. The van der Waals surface area contributed by atoms with Gasteiger partial charge in [0.1, 0.15) is 24.3 Å². The van der Waals surface area contributed by atoms with E-state index in [1.54, 1.807) is 0 Å². The minimum absolute atomic E-state index is 0.0922. The quantitative estimate of drug-likeness (QED) is 0.373. The molecule has 142 valence electrons. The first-order valence-electron chi connectivity index (χ1n) is 8.82. The van der Waals surface area contributed by atoms with Gasteiger partial charge in [0.25, 0.3) is 5.69 Å². The molecule has 1 saturated carbocycles. The third-order valence-electron chi connectivity index (χ3n) is 4.29. The predicted octanol–water partition coefficient (Wildman–Crippen LogP) is 4.18. The standard InChI is InChI=1S/C20H17N3O5/c24-20(14-6-9-17(21-15-7-8-15)18(10-14)23(25)26)28-12-16-11-27-19(22-16)13-4-2-1-3-5-13/h1-6,9-11,15,21H,7-8,12H2. The maximum absolute atomic E-state index is 12.3. The number of ether oxygens (including phenoxy) is 1. The van der Waals surface area contributed by atoms with E-state index in [1.165, 1.54) is 24.5 Å². The number of nitrogens with one attached hydrogen (secondary N) is 1. The predicted molar refractivity (Wildman–Crippen MR) is 101 cm³/mol. The Bertz CT molecular complexity index is 1010. The van der Waals surface area contributed by atoms with Crippen molar-refractivity contribution in [1.82, 2.24) is 4.98 Å². The summed E-state index contributed by atoms with van der Waals surface area (Å²) in [6, 6.07) is 13.9. The molecule has 0 bridgehead atoms. The van der Waals surface area contributed by atoms with Gasteiger partial charge in [-0.05, 0) is 37.1 Å². The normalized spacial score (nSPS) is 13.1. The summed E-state index contributed by atoms with van der Waals surface area (Å²) in [5.74, 6) is -0.233. The lowest BCUT2D eigenvalue weighted by Gasteiger charge is -2.07. The second-order valence-corrected chi connectivity index (χ2v) is 6.49. The first-order chi connectivity index (χ1) is 13.6. The van der Waals surface area contributed by atoms with Gasteiger partial charge in [-0.25, -0.2) is 9.78 Å². The van der Waals surface area contributed by atoms with Crippen molar-refractivity contribution in [3.05, 3.63) is 76.2 Å². The second kappa shape index (κ2) is 7.51. The Kier molecular flexibility index (Phi) is 4.76. The summed E-state index contributed by atoms with van der Waals surface area (Å²) in [6.45, 7) is -0.0922. The summed E-state index contributed by atoms with van der Waals surface area (Å²) < 4.78 is 10.6. The van der Waals surface area contributed by atoms with Gasteiger partial charge in [-0.1, -0.05) is 18.2 Å². The summed E-state index contributed by atoms with van der Waals surface area (Å²) in [5.41, 5.74) is 1.64. The van der Waals surface area contributed by atoms with E-state index >= 15 is 0 Å². The molecule has 28 heavy (non-hydrogen) atoms. The Morgan fingerprint density at radius 3 is 2.75 bits per heavy atom. The monoisotopic (exact) mass is 379 g/mol. The average molecular weight is 379 g/mol. The highest BCUT2D eigenvalue weighted by Gasteiger charge is 2.26. The number of nitrogens with zero attached hydrogens (tertiary/aromatic N) is 2. The molecule has 0 spiro atoms. The van der Waals surface area contributed by atoms with Crippen molar-refractivity contribution in [3.8, 4) is 11.5 Å². The zero-order valence-electron chi connectivity index (χ0n) is 14.8. The molecule has 0 atom stereocenters. The molecule has 0 saturated heterocycles. The topological polar surface area (TPSA) is 108 Å². The molecule has 4 rings (SSSR count). The van der Waals surface area contributed by atoms with Gasteiger partial charge in [0.05, 0.1) is 10.5 Å². The number of nitro groups is 1. The Morgan fingerprint density at radius 2 is 2.04 bits per heavy atom. The van der Waals surface area contributed by atoms with Crippen LogP contribution in [0.25, 0.3) is 11.5 Å². The van der Waals surface area contributed by atoms with Gasteiger partial charge in [0.15, 0.2) is 0 Å². The van der Waals surface area contributed by atoms with E-state index in [9.17, 15) is 14.9 Å². The zero-order valence-corrected chi connectivity index (χ0v) is 14.8. The van der Waals surface area contributed by atoms with Crippen molar-refractivity contribution in [2.24, 2.45) is 0 Å². The molecule has 0 unspecified atom stereocenters. The van der Waals surface area contributed by atoms with Gasteiger partial charge in [-0.2, -0.15) is 0 Å². The molecule has 1 aliphatic rings. The van der Waals surface area contributed by atoms with Crippen LogP contribution in [-0.4, -0.2) is 21.9 Å². The smallest absolute Gasteiger partial charge is 0.338 e. The molecule has 1 heterocycles. The molecule has 0 amide bonds. The number of carbonyl (C=O) groups excluding carboxylic acids is 1. The van der Waals surface area contributed by atoms with E-state index in [2.05, 4.69) is 10.3 Å². The molecule has 1 N–H and O–H groups in total. The Balaban J connectivity index is 1.43. The maximum Gasteiger partial charge on any atom is 0.338 e. The number of nitro benzene ring substituents is 1. The van der Waals surface area contributed by atoms with E-state index < -0.39 is 10.9 Å². The second-order valence-electron chi connectivity index (χ2n) is 6.49. The summed E-state index contributed by atoms with van der Waals surface area (Å²) in [4.78, 5) is 27.4. The fourth-order valence-corrected chi connectivity index (χ4v) is 2.69. The molecule has 1 fully saturated rings. The molecule has 1 aliphatic carbocycles. The van der Waals surface area contributed by atoms with Gasteiger partial charge >= 0.3 is 5.97 Å². The number of aromatic nitrogens is 1. The number of hydrogen-bond acceptors (Lipinski definition) is 7. The number of anilines is 1. The van der Waals surface area contributed by atoms with Crippen LogP contribution in [0.5, 0.6) is 0 Å². The van der Waals surface area contributed by atoms with Crippen molar-refractivity contribution in [2.45, 2.75) is 25.5 Å². The zero-order chi connectivity index (χ0) is 19.5. The highest BCUT2D eigenvalue weighted by Crippen LogP contribution is 2.31. The number of rotatable bonds is 7. The number of esters is 1. The van der Waals surface area contributed by atoms with Crippen LogP contribution < -0.4 is 5.32 Å². The van der Waals surface area contributed by atoms with Crippen LogP contribution in [0.2, 0.25) is 0 Å². The summed E-state index contributed by atoms with van der Waals surface area (Å²) >= 11 is 0. The summed E-state index contributed by atoms with van der Waals surface area (Å²) in [6.07, 6.45) is 3.40. The molecule has 3 aromatic rings. The number of hydrogen-bond donors (Lipinski definition) is 1. The maximum atomic E-state index is 12.3. The highest BCUT2D eigenvalue weighted by atomic mass is 16.6. The third-order valence-corrected chi connectivity index (χ3v) is 4.29. The van der Waals surface area contributed by atoms with Crippen molar-refractivity contribution in [2.75, 3.05) is 5.32 Å². The SMILES string of the molecule is O=C(OCc1coc(-c2ccccc2)n1)c1ccc(NC2CC2)c([N+](=O)[O-])c1. The van der Waals surface area contributed by atoms with E-state index in [4.69, 9.17) is 9.15 Å². The van der Waals surface area contributed by atoms with Crippen LogP contribution in [0.1, 0.15) is 28.9 Å². The fraction of sp³-hybridized carbons (Fsp3) is 0.200. The van der Waals surface area contributed by atoms with Gasteiger partial charge in [0, 0.05) is 17.7 Å². The fourth-order valence-electron chi connectivity index (χ4n) is 2.69. The van der Waals surface area contributed by atoms with Gasteiger partial charge in [-0.15, -0.1) is 0 Å². The molecule has 0 aliphatic heterocycles. The Hall–Kier alpha value is -3.68. The lowest BCUT2D eigenvalue weighted by atomic mass is 10.1. The van der Waals surface area contributed by atoms with Gasteiger partial charge < -0.3 is 14.5 Å². The van der Waals surface area contributed by atoms with Crippen LogP contribution in [0, 0.1) is 10.1 Å². The van der Waals surface area contributed by atoms with Crippen molar-refractivity contribution < 1.29 is 18.9 Å². The Morgan fingerprint density at radius 1 is 1.25 bits per heavy atom. The first kappa shape index (κ1) is 17.7. The third kappa shape index (κ3) is 4.01. The molecule has 8 nitrogen and oxygen atoms in total. The minimum atomic E-state index is -0.662. The molecular formula is C20H17N3O5. The largest absolute Gasteiger partial charge is 0.455 e. The van der Waals surface area contributed by atoms with Crippen molar-refractivity contribution in [3.63, 3.8) is 0 Å². The van der Waals surface area contributed by atoms with Crippen LogP contribution in [0.3, 0.4) is 0 Å². The molecule has 2 aromatic carbocycles. The highest BCUT2D eigenvalue weighted by molar-refractivity contribution is 5.91. The molecule has 0 radical (unpaired) electrons. The molecular weight excluding hydrogens is 362 g/mol. The lowest BCUT2D eigenvalue weighted by molar-refractivity contribution is -0.384. The number of carbonyl (C=O) groups is 1. The van der Waals surface area contributed by atoms with Crippen molar-refractivity contribution >= 4 is 17.3 Å². The number of oxazole rings is 1. The summed E-state index contributed by atoms with van der Waals surface area (Å²) in [5, 5.41) is 14.4. The Labute approximate surface area is 160 Å². The first-order valence-corrected chi connectivity index (χ1v) is 8.82. The van der Waals surface area contributed by atoms with Crippen LogP contribution in [0.15, 0.2) is 59.2 Å². The lowest BCUT2D eigenvalue weighted by Crippen LogP contribution is -2.08. The van der Waals surface area contributed by atoms with E-state index in [-0.39, 0.29) is 23.9 Å². The average Bonchev–Trinajstić information content (AvgIpc) is 3.40. The van der Waals surface area contributed by atoms with Crippen molar-refractivity contribution in [1.29, 1.82) is 0 Å².